The van der Waals surface area contributed by atoms with Gasteiger partial charge in [0, 0.05) is 38.3 Å². The standard InChI is InChI=1S/C16H20N2O3/c19-15(13-2-1-3-14(10-13)16(20)21)18-8-6-17(7-9-18)11-12-4-5-12/h1-3,10,12H,4-9,11H2,(H,20,21). The summed E-state index contributed by atoms with van der Waals surface area (Å²) >= 11 is 0. The van der Waals surface area contributed by atoms with Gasteiger partial charge in [0.25, 0.3) is 5.91 Å². The monoisotopic (exact) mass is 288 g/mol. The number of nitrogens with zero attached hydrogens (tertiary/aromatic N) is 2. The summed E-state index contributed by atoms with van der Waals surface area (Å²) in [6.45, 7) is 4.45. The lowest BCUT2D eigenvalue weighted by Crippen LogP contribution is -2.49. The van der Waals surface area contributed by atoms with E-state index in [2.05, 4.69) is 4.90 Å². The number of hydrogen-bond donors (Lipinski definition) is 1. The van der Waals surface area contributed by atoms with Crippen LogP contribution >= 0.6 is 0 Å². The number of aromatic carboxylic acids is 1. The molecule has 1 heterocycles. The Balaban J connectivity index is 1.60. The summed E-state index contributed by atoms with van der Waals surface area (Å²) in [5.74, 6) is -0.192. The van der Waals surface area contributed by atoms with E-state index in [0.29, 0.717) is 5.56 Å². The molecule has 0 unspecified atom stereocenters. The number of rotatable bonds is 4. The van der Waals surface area contributed by atoms with Crippen molar-refractivity contribution in [1.29, 1.82) is 0 Å². The molecule has 21 heavy (non-hydrogen) atoms. The number of carboxylic acids is 1. The maximum atomic E-state index is 12.4. The molecular formula is C16H20N2O3. The quantitative estimate of drug-likeness (QED) is 0.913. The maximum absolute atomic E-state index is 12.4. The van der Waals surface area contributed by atoms with E-state index in [1.165, 1.54) is 25.0 Å². The van der Waals surface area contributed by atoms with E-state index in [1.807, 2.05) is 4.90 Å². The van der Waals surface area contributed by atoms with E-state index in [9.17, 15) is 9.59 Å². The average Bonchev–Trinajstić information content (AvgIpc) is 3.31. The van der Waals surface area contributed by atoms with Gasteiger partial charge < -0.3 is 10.0 Å². The molecule has 1 amide bonds. The van der Waals surface area contributed by atoms with Crippen LogP contribution in [0.3, 0.4) is 0 Å². The van der Waals surface area contributed by atoms with Crippen LogP contribution in [0.15, 0.2) is 24.3 Å². The summed E-state index contributed by atoms with van der Waals surface area (Å²) in [6.07, 6.45) is 2.70. The Morgan fingerprint density at radius 1 is 1.10 bits per heavy atom. The van der Waals surface area contributed by atoms with Crippen molar-refractivity contribution in [1.82, 2.24) is 9.80 Å². The van der Waals surface area contributed by atoms with Gasteiger partial charge in [-0.3, -0.25) is 9.69 Å². The van der Waals surface area contributed by atoms with Crippen molar-refractivity contribution in [3.63, 3.8) is 0 Å². The van der Waals surface area contributed by atoms with Gasteiger partial charge in [-0.05, 0) is 37.0 Å². The van der Waals surface area contributed by atoms with Crippen molar-refractivity contribution >= 4 is 11.9 Å². The summed E-state index contributed by atoms with van der Waals surface area (Å²) in [5.41, 5.74) is 0.624. The Bertz CT molecular complexity index is 546. The highest BCUT2D eigenvalue weighted by Crippen LogP contribution is 2.30. The maximum Gasteiger partial charge on any atom is 0.335 e. The number of amides is 1. The third-order valence-electron chi connectivity index (χ3n) is 4.23. The summed E-state index contributed by atoms with van der Waals surface area (Å²) in [4.78, 5) is 27.7. The predicted molar refractivity (Wildman–Crippen MR) is 78.5 cm³/mol. The average molecular weight is 288 g/mol. The Labute approximate surface area is 124 Å². The van der Waals surface area contributed by atoms with Gasteiger partial charge in [-0.2, -0.15) is 0 Å². The fourth-order valence-electron chi connectivity index (χ4n) is 2.77. The molecule has 1 saturated carbocycles. The molecule has 2 fully saturated rings. The Morgan fingerprint density at radius 3 is 2.38 bits per heavy atom. The van der Waals surface area contributed by atoms with Gasteiger partial charge in [0.05, 0.1) is 5.56 Å². The molecule has 5 nitrogen and oxygen atoms in total. The molecule has 0 bridgehead atoms. The summed E-state index contributed by atoms with van der Waals surface area (Å²) < 4.78 is 0. The van der Waals surface area contributed by atoms with Crippen LogP contribution in [0, 0.1) is 5.92 Å². The van der Waals surface area contributed by atoms with Crippen LogP contribution in [0.1, 0.15) is 33.6 Å². The molecule has 5 heteroatoms. The first-order chi connectivity index (χ1) is 10.1. The lowest BCUT2D eigenvalue weighted by Gasteiger charge is -2.34. The normalized spacial score (nSPS) is 19.5. The van der Waals surface area contributed by atoms with Crippen LogP contribution in [-0.2, 0) is 0 Å². The van der Waals surface area contributed by atoms with E-state index >= 15 is 0 Å². The van der Waals surface area contributed by atoms with E-state index in [-0.39, 0.29) is 11.5 Å². The zero-order chi connectivity index (χ0) is 14.8. The molecule has 1 aliphatic heterocycles. The van der Waals surface area contributed by atoms with Crippen LogP contribution < -0.4 is 0 Å². The number of hydrogen-bond acceptors (Lipinski definition) is 3. The Kier molecular flexibility index (Phi) is 3.92. The van der Waals surface area contributed by atoms with E-state index < -0.39 is 5.97 Å². The number of carboxylic acid groups (broad SMARTS) is 1. The topological polar surface area (TPSA) is 60.9 Å². The summed E-state index contributed by atoms with van der Waals surface area (Å²) in [5, 5.41) is 8.99. The second-order valence-electron chi connectivity index (χ2n) is 5.92. The highest BCUT2D eigenvalue weighted by molar-refractivity contribution is 5.97. The van der Waals surface area contributed by atoms with Crippen molar-refractivity contribution in [3.05, 3.63) is 35.4 Å². The lowest BCUT2D eigenvalue weighted by atomic mass is 10.1. The summed E-state index contributed by atoms with van der Waals surface area (Å²) in [6, 6.07) is 6.28. The minimum absolute atomic E-state index is 0.0656. The van der Waals surface area contributed by atoms with Crippen LogP contribution in [-0.4, -0.2) is 59.5 Å². The lowest BCUT2D eigenvalue weighted by molar-refractivity contribution is 0.0632. The van der Waals surface area contributed by atoms with Gasteiger partial charge in [0.15, 0.2) is 0 Å². The van der Waals surface area contributed by atoms with Gasteiger partial charge >= 0.3 is 5.97 Å². The van der Waals surface area contributed by atoms with Gasteiger partial charge in [0.2, 0.25) is 0 Å². The molecule has 0 atom stereocenters. The smallest absolute Gasteiger partial charge is 0.335 e. The van der Waals surface area contributed by atoms with Gasteiger partial charge in [-0.25, -0.2) is 4.79 Å². The molecule has 3 rings (SSSR count). The first-order valence-electron chi connectivity index (χ1n) is 7.48. The highest BCUT2D eigenvalue weighted by Gasteiger charge is 2.28. The van der Waals surface area contributed by atoms with Gasteiger partial charge in [-0.1, -0.05) is 6.07 Å². The Morgan fingerprint density at radius 2 is 1.76 bits per heavy atom. The molecular weight excluding hydrogens is 268 g/mol. The first-order valence-corrected chi connectivity index (χ1v) is 7.48. The van der Waals surface area contributed by atoms with Crippen LogP contribution in [0.2, 0.25) is 0 Å². The number of piperazine rings is 1. The molecule has 2 aliphatic rings. The van der Waals surface area contributed by atoms with Crippen LogP contribution in [0.5, 0.6) is 0 Å². The highest BCUT2D eigenvalue weighted by atomic mass is 16.4. The molecule has 1 N–H and O–H groups in total. The number of carbonyl (C=O) groups is 2. The second-order valence-corrected chi connectivity index (χ2v) is 5.92. The fourth-order valence-corrected chi connectivity index (χ4v) is 2.77. The van der Waals surface area contributed by atoms with Crippen molar-refractivity contribution < 1.29 is 14.7 Å². The zero-order valence-electron chi connectivity index (χ0n) is 12.0. The van der Waals surface area contributed by atoms with Crippen LogP contribution in [0.4, 0.5) is 0 Å². The molecule has 0 radical (unpaired) electrons. The van der Waals surface area contributed by atoms with Gasteiger partial charge in [0.1, 0.15) is 0 Å². The first kappa shape index (κ1) is 14.1. The van der Waals surface area contributed by atoms with Gasteiger partial charge in [-0.15, -0.1) is 0 Å². The van der Waals surface area contributed by atoms with Crippen molar-refractivity contribution in [3.8, 4) is 0 Å². The minimum Gasteiger partial charge on any atom is -0.478 e. The second kappa shape index (κ2) is 5.85. The fraction of sp³-hybridized carbons (Fsp3) is 0.500. The van der Waals surface area contributed by atoms with E-state index in [0.717, 1.165) is 38.6 Å². The summed E-state index contributed by atoms with van der Waals surface area (Å²) in [7, 11) is 0. The van der Waals surface area contributed by atoms with Crippen molar-refractivity contribution in [2.45, 2.75) is 12.8 Å². The minimum atomic E-state index is -1.00. The van der Waals surface area contributed by atoms with E-state index in [4.69, 9.17) is 5.11 Å². The zero-order valence-corrected chi connectivity index (χ0v) is 12.0. The number of benzene rings is 1. The van der Waals surface area contributed by atoms with E-state index in [1.54, 1.807) is 12.1 Å². The SMILES string of the molecule is O=C(O)c1cccc(C(=O)N2CCN(CC3CC3)CC2)c1. The molecule has 1 aliphatic carbocycles. The molecule has 1 aromatic rings. The van der Waals surface area contributed by atoms with Crippen molar-refractivity contribution in [2.24, 2.45) is 5.92 Å². The third-order valence-corrected chi connectivity index (χ3v) is 4.23. The largest absolute Gasteiger partial charge is 0.478 e. The Hall–Kier alpha value is -1.88. The van der Waals surface area contributed by atoms with Crippen LogP contribution in [0.25, 0.3) is 0 Å². The molecule has 1 saturated heterocycles. The van der Waals surface area contributed by atoms with Crippen molar-refractivity contribution in [2.75, 3.05) is 32.7 Å². The molecule has 112 valence electrons. The molecule has 0 aromatic heterocycles. The number of carbonyl (C=O) groups excluding carboxylic acids is 1. The predicted octanol–water partition coefficient (Wildman–Crippen LogP) is 1.55. The third kappa shape index (κ3) is 3.42. The molecule has 1 aromatic carbocycles. The molecule has 0 spiro atoms.